The van der Waals surface area contributed by atoms with Crippen molar-refractivity contribution < 1.29 is 0 Å². The maximum Gasteiger partial charge on any atom is 0.195 e. The van der Waals surface area contributed by atoms with Crippen LogP contribution in [-0.4, -0.2) is 18.0 Å². The van der Waals surface area contributed by atoms with Gasteiger partial charge >= 0.3 is 0 Å². The average molecular weight is 250 g/mol. The molecular weight excluding hydrogens is 226 g/mol. The van der Waals surface area contributed by atoms with Crippen LogP contribution in [0.5, 0.6) is 0 Å². The van der Waals surface area contributed by atoms with Gasteiger partial charge in [-0.2, -0.15) is 0 Å². The van der Waals surface area contributed by atoms with Crippen molar-refractivity contribution in [1.29, 1.82) is 5.41 Å². The first-order chi connectivity index (χ1) is 6.91. The summed E-state index contributed by atoms with van der Waals surface area (Å²) in [5.74, 6) is 0.777. The lowest BCUT2D eigenvalue weighted by Gasteiger charge is -2.09. The van der Waals surface area contributed by atoms with Crippen LogP contribution in [-0.2, 0) is 0 Å². The predicted octanol–water partition coefficient (Wildman–Crippen LogP) is 1.42. The second-order valence-corrected chi connectivity index (χ2v) is 4.23. The summed E-state index contributed by atoms with van der Waals surface area (Å²) in [6.45, 7) is 6.42. The van der Waals surface area contributed by atoms with Crippen LogP contribution < -0.4 is 16.8 Å². The maximum absolute atomic E-state index is 6.97. The molecule has 0 aliphatic carbocycles. The molecule has 0 aromatic heterocycles. The number of nitrogens with one attached hydrogen (secondary N) is 2. The van der Waals surface area contributed by atoms with Gasteiger partial charge in [-0.05, 0) is 19.3 Å². The number of nitrogens with two attached hydrogens (primary N) is 2. The van der Waals surface area contributed by atoms with E-state index in [4.69, 9.17) is 16.9 Å². The molecule has 0 spiro atoms. The van der Waals surface area contributed by atoms with Crippen molar-refractivity contribution >= 4 is 24.3 Å². The molecule has 1 unspecified atom stereocenters. The Labute approximate surface area is 104 Å². The molecular formula is C10H24ClN5. The monoisotopic (exact) mass is 249 g/mol. The molecule has 16 heavy (non-hydrogen) atoms. The third kappa shape index (κ3) is 11.1. The largest absolute Gasteiger partial charge is 0.370 e. The molecule has 0 amide bonds. The van der Waals surface area contributed by atoms with Gasteiger partial charge in [0, 0.05) is 0 Å². The van der Waals surface area contributed by atoms with E-state index in [9.17, 15) is 0 Å². The van der Waals surface area contributed by atoms with Crippen LogP contribution in [0.15, 0.2) is 4.99 Å². The third-order valence-corrected chi connectivity index (χ3v) is 2.03. The molecule has 0 saturated heterocycles. The lowest BCUT2D eigenvalue weighted by molar-refractivity contribution is 0.511. The highest BCUT2D eigenvalue weighted by Gasteiger charge is 2.02. The Bertz CT molecular complexity index is 227. The number of hydrogen-bond donors (Lipinski definition) is 4. The molecule has 6 heteroatoms. The summed E-state index contributed by atoms with van der Waals surface area (Å²) in [6, 6.07) is 0.176. The van der Waals surface area contributed by atoms with E-state index < -0.39 is 0 Å². The summed E-state index contributed by atoms with van der Waals surface area (Å²) < 4.78 is 0. The summed E-state index contributed by atoms with van der Waals surface area (Å²) in [4.78, 5) is 4.18. The molecule has 0 saturated carbocycles. The predicted molar refractivity (Wildman–Crippen MR) is 72.1 cm³/mol. The van der Waals surface area contributed by atoms with E-state index in [-0.39, 0.29) is 30.4 Å². The van der Waals surface area contributed by atoms with E-state index in [0.717, 1.165) is 18.8 Å². The van der Waals surface area contributed by atoms with E-state index >= 15 is 0 Å². The van der Waals surface area contributed by atoms with Crippen LogP contribution in [0, 0.1) is 11.3 Å². The lowest BCUT2D eigenvalue weighted by atomic mass is 10.0. The van der Waals surface area contributed by atoms with Crippen molar-refractivity contribution in [2.45, 2.75) is 46.1 Å². The minimum absolute atomic E-state index is 0. The van der Waals surface area contributed by atoms with Gasteiger partial charge in [0.1, 0.15) is 0 Å². The van der Waals surface area contributed by atoms with Crippen LogP contribution in [0.25, 0.3) is 0 Å². The van der Waals surface area contributed by atoms with Gasteiger partial charge < -0.3 is 11.5 Å². The van der Waals surface area contributed by atoms with Crippen LogP contribution in [0.3, 0.4) is 0 Å². The number of guanidine groups is 2. The second-order valence-electron chi connectivity index (χ2n) is 4.23. The summed E-state index contributed by atoms with van der Waals surface area (Å²) >= 11 is 0. The molecule has 96 valence electrons. The van der Waals surface area contributed by atoms with E-state index in [1.807, 2.05) is 6.92 Å². The first kappa shape index (κ1) is 17.4. The van der Waals surface area contributed by atoms with Crippen molar-refractivity contribution in [1.82, 2.24) is 5.32 Å². The Morgan fingerprint density at radius 3 is 2.25 bits per heavy atom. The van der Waals surface area contributed by atoms with Crippen molar-refractivity contribution in [3.63, 3.8) is 0 Å². The van der Waals surface area contributed by atoms with E-state index in [1.54, 1.807) is 0 Å². The molecule has 0 aromatic carbocycles. The number of aliphatic imine (C=N–C) groups is 1. The van der Waals surface area contributed by atoms with E-state index in [0.29, 0.717) is 0 Å². The normalized spacial score (nSPS) is 13.1. The lowest BCUT2D eigenvalue weighted by Crippen LogP contribution is -2.41. The minimum Gasteiger partial charge on any atom is -0.370 e. The van der Waals surface area contributed by atoms with Gasteiger partial charge in [-0.15, -0.1) is 12.4 Å². The fourth-order valence-corrected chi connectivity index (χ4v) is 1.29. The molecule has 0 radical (unpaired) electrons. The molecule has 0 fully saturated rings. The summed E-state index contributed by atoms with van der Waals surface area (Å²) in [7, 11) is 0. The minimum atomic E-state index is -0.175. The summed E-state index contributed by atoms with van der Waals surface area (Å²) in [5.41, 5.74) is 10.6. The van der Waals surface area contributed by atoms with Crippen molar-refractivity contribution in [3.8, 4) is 0 Å². The smallest absolute Gasteiger partial charge is 0.195 e. The van der Waals surface area contributed by atoms with Crippen LogP contribution in [0.4, 0.5) is 0 Å². The van der Waals surface area contributed by atoms with E-state index in [1.165, 1.54) is 6.42 Å². The van der Waals surface area contributed by atoms with Gasteiger partial charge in [-0.1, -0.05) is 26.7 Å². The number of nitrogens with zero attached hydrogens (tertiary/aromatic N) is 1. The molecule has 1 atom stereocenters. The summed E-state index contributed by atoms with van der Waals surface area (Å²) in [6.07, 6.45) is 3.37. The highest BCUT2D eigenvalue weighted by Crippen LogP contribution is 2.09. The van der Waals surface area contributed by atoms with Crippen LogP contribution >= 0.6 is 12.4 Å². The zero-order valence-electron chi connectivity index (χ0n) is 10.3. The SMILES string of the molecule is CC(C)CCCC(C)N=C(N)NC(=N)N.Cl. The van der Waals surface area contributed by atoms with Crippen molar-refractivity contribution in [2.75, 3.05) is 0 Å². The highest BCUT2D eigenvalue weighted by molar-refractivity contribution is 5.95. The molecule has 5 nitrogen and oxygen atoms in total. The Morgan fingerprint density at radius 2 is 1.81 bits per heavy atom. The molecule has 0 rings (SSSR count). The van der Waals surface area contributed by atoms with Gasteiger partial charge in [-0.25, -0.2) is 0 Å². The quantitative estimate of drug-likeness (QED) is 0.438. The second kappa shape index (κ2) is 9.27. The maximum atomic E-state index is 6.97. The molecule has 0 aromatic rings. The zero-order chi connectivity index (χ0) is 11.8. The van der Waals surface area contributed by atoms with Crippen LogP contribution in [0.2, 0.25) is 0 Å². The molecule has 0 bridgehead atoms. The van der Waals surface area contributed by atoms with Gasteiger partial charge in [0.25, 0.3) is 0 Å². The van der Waals surface area contributed by atoms with E-state index in [2.05, 4.69) is 24.2 Å². The fourth-order valence-electron chi connectivity index (χ4n) is 1.29. The molecule has 6 N–H and O–H groups in total. The first-order valence-electron chi connectivity index (χ1n) is 5.36. The number of hydrogen-bond acceptors (Lipinski definition) is 2. The molecule has 0 aliphatic heterocycles. The standard InChI is InChI=1S/C10H23N5.ClH/c1-7(2)5-4-6-8(3)14-10(13)15-9(11)12;/h7-8H,4-6H2,1-3H3,(H6,11,12,13,14,15);1H. The third-order valence-electron chi connectivity index (χ3n) is 2.03. The van der Waals surface area contributed by atoms with Gasteiger partial charge in [0.15, 0.2) is 11.9 Å². The number of halogens is 1. The zero-order valence-corrected chi connectivity index (χ0v) is 11.1. The van der Waals surface area contributed by atoms with Crippen molar-refractivity contribution in [3.05, 3.63) is 0 Å². The highest BCUT2D eigenvalue weighted by atomic mass is 35.5. The van der Waals surface area contributed by atoms with Gasteiger partial charge in [0.05, 0.1) is 6.04 Å². The Morgan fingerprint density at radius 1 is 1.25 bits per heavy atom. The number of rotatable bonds is 5. The average Bonchev–Trinajstić information content (AvgIpc) is 2.00. The Balaban J connectivity index is 0. The topological polar surface area (TPSA) is 100 Å². The Kier molecular flexibility index (Phi) is 10.1. The van der Waals surface area contributed by atoms with Gasteiger partial charge in [-0.3, -0.25) is 15.7 Å². The van der Waals surface area contributed by atoms with Crippen molar-refractivity contribution in [2.24, 2.45) is 22.4 Å². The molecule has 0 aliphatic rings. The molecule has 0 heterocycles. The van der Waals surface area contributed by atoms with Crippen LogP contribution in [0.1, 0.15) is 40.0 Å². The summed E-state index contributed by atoms with van der Waals surface area (Å²) in [5, 5.41) is 9.43. The fraction of sp³-hybridized carbons (Fsp3) is 0.800. The Hall–Kier alpha value is -0.970. The first-order valence-corrected chi connectivity index (χ1v) is 5.36. The van der Waals surface area contributed by atoms with Gasteiger partial charge in [0.2, 0.25) is 0 Å².